The first-order chi connectivity index (χ1) is 9.56. The molecule has 2 rings (SSSR count). The van der Waals surface area contributed by atoms with E-state index in [1.54, 1.807) is 0 Å². The van der Waals surface area contributed by atoms with Gasteiger partial charge in [0.1, 0.15) is 0 Å². The van der Waals surface area contributed by atoms with Crippen LogP contribution in [-0.2, 0) is 6.54 Å². The summed E-state index contributed by atoms with van der Waals surface area (Å²) >= 11 is 0. The summed E-state index contributed by atoms with van der Waals surface area (Å²) in [5.74, 6) is 1.97. The van der Waals surface area contributed by atoms with Crippen LogP contribution in [0.4, 0.5) is 0 Å². The van der Waals surface area contributed by atoms with E-state index in [0.29, 0.717) is 11.8 Å². The fraction of sp³-hybridized carbons (Fsp3) is 0.500. The molecule has 108 valence electrons. The lowest BCUT2D eigenvalue weighted by Crippen LogP contribution is -2.19. The van der Waals surface area contributed by atoms with E-state index in [4.69, 9.17) is 0 Å². The third-order valence-corrected chi connectivity index (χ3v) is 3.13. The first kappa shape index (κ1) is 14.7. The maximum absolute atomic E-state index is 4.53. The van der Waals surface area contributed by atoms with Crippen molar-refractivity contribution < 1.29 is 0 Å². The molecule has 0 saturated carbocycles. The van der Waals surface area contributed by atoms with E-state index in [-0.39, 0.29) is 0 Å². The maximum Gasteiger partial charge on any atom is 0.153 e. The van der Waals surface area contributed by atoms with E-state index >= 15 is 0 Å². The van der Waals surface area contributed by atoms with Crippen LogP contribution >= 0.6 is 0 Å². The summed E-state index contributed by atoms with van der Waals surface area (Å²) in [4.78, 5) is 4.48. The van der Waals surface area contributed by atoms with Crippen LogP contribution < -0.4 is 5.32 Å². The monoisotopic (exact) mass is 272 g/mol. The highest BCUT2D eigenvalue weighted by molar-refractivity contribution is 5.25. The van der Waals surface area contributed by atoms with Crippen LogP contribution in [0.5, 0.6) is 0 Å². The van der Waals surface area contributed by atoms with E-state index in [1.807, 2.05) is 29.2 Å². The third kappa shape index (κ3) is 3.90. The second-order valence-electron chi connectivity index (χ2n) is 5.89. The summed E-state index contributed by atoms with van der Waals surface area (Å²) < 4.78 is 1.83. The van der Waals surface area contributed by atoms with Gasteiger partial charge in [0, 0.05) is 18.9 Å². The molecule has 0 aliphatic rings. The number of hydrogen-bond acceptors (Lipinski definition) is 3. The number of pyridine rings is 1. The van der Waals surface area contributed by atoms with E-state index in [9.17, 15) is 0 Å². The first-order valence-electron chi connectivity index (χ1n) is 7.28. The Morgan fingerprint density at radius 1 is 1.15 bits per heavy atom. The summed E-state index contributed by atoms with van der Waals surface area (Å²) in [6.45, 7) is 10.6. The predicted octanol–water partition coefficient (Wildman–Crippen LogP) is 3.14. The van der Waals surface area contributed by atoms with Crippen molar-refractivity contribution in [1.82, 2.24) is 20.1 Å². The zero-order valence-corrected chi connectivity index (χ0v) is 12.8. The van der Waals surface area contributed by atoms with Crippen LogP contribution in [0.2, 0.25) is 0 Å². The van der Waals surface area contributed by atoms with Crippen molar-refractivity contribution in [1.29, 1.82) is 0 Å². The van der Waals surface area contributed by atoms with E-state index in [0.717, 1.165) is 24.6 Å². The molecule has 1 N–H and O–H groups in total. The molecule has 2 heterocycles. The molecule has 0 fully saturated rings. The molecule has 0 radical (unpaired) electrons. The summed E-state index contributed by atoms with van der Waals surface area (Å²) in [6, 6.07) is 6.17. The Labute approximate surface area is 121 Å². The average molecular weight is 272 g/mol. The lowest BCUT2D eigenvalue weighted by atomic mass is 10.1. The van der Waals surface area contributed by atoms with Crippen molar-refractivity contribution in [2.24, 2.45) is 5.92 Å². The minimum absolute atomic E-state index is 0.441. The molecule has 2 aromatic heterocycles. The highest BCUT2D eigenvalue weighted by Gasteiger charge is 2.05. The van der Waals surface area contributed by atoms with E-state index < -0.39 is 0 Å². The van der Waals surface area contributed by atoms with Gasteiger partial charge in [-0.25, -0.2) is 9.67 Å². The zero-order valence-electron chi connectivity index (χ0n) is 12.8. The second-order valence-corrected chi connectivity index (χ2v) is 5.89. The predicted molar refractivity (Wildman–Crippen MR) is 82.0 cm³/mol. The van der Waals surface area contributed by atoms with Gasteiger partial charge >= 0.3 is 0 Å². The molecule has 0 spiro atoms. The average Bonchev–Trinajstić information content (AvgIpc) is 2.89. The second kappa shape index (κ2) is 6.66. The Balaban J connectivity index is 2.00. The quantitative estimate of drug-likeness (QED) is 0.878. The minimum Gasteiger partial charge on any atom is -0.312 e. The van der Waals surface area contributed by atoms with Gasteiger partial charge < -0.3 is 5.32 Å². The molecular formula is C16H24N4. The zero-order chi connectivity index (χ0) is 14.5. The lowest BCUT2D eigenvalue weighted by molar-refractivity contribution is 0.552. The van der Waals surface area contributed by atoms with Crippen LogP contribution in [0.15, 0.2) is 30.6 Å². The number of rotatable bonds is 6. The molecular weight excluding hydrogens is 248 g/mol. The number of hydrogen-bond donors (Lipinski definition) is 1. The van der Waals surface area contributed by atoms with Gasteiger partial charge in [0.05, 0.1) is 5.69 Å². The number of aromatic nitrogens is 3. The lowest BCUT2D eigenvalue weighted by Gasteiger charge is -2.07. The van der Waals surface area contributed by atoms with Crippen LogP contribution in [0, 0.1) is 5.92 Å². The molecule has 0 amide bonds. The van der Waals surface area contributed by atoms with Gasteiger partial charge in [0.15, 0.2) is 5.82 Å². The van der Waals surface area contributed by atoms with Gasteiger partial charge in [-0.2, -0.15) is 5.10 Å². The van der Waals surface area contributed by atoms with Gasteiger partial charge in [-0.3, -0.25) is 0 Å². The smallest absolute Gasteiger partial charge is 0.153 e. The Hall–Kier alpha value is -1.68. The van der Waals surface area contributed by atoms with E-state index in [2.05, 4.69) is 49.2 Å². The van der Waals surface area contributed by atoms with Crippen molar-refractivity contribution in [3.05, 3.63) is 41.9 Å². The number of nitrogens with zero attached hydrogens (tertiary/aromatic N) is 3. The molecule has 20 heavy (non-hydrogen) atoms. The van der Waals surface area contributed by atoms with Crippen LogP contribution in [0.25, 0.3) is 5.82 Å². The Bertz CT molecular complexity index is 526. The number of nitrogens with one attached hydrogen (secondary N) is 1. The van der Waals surface area contributed by atoms with Gasteiger partial charge in [-0.1, -0.05) is 33.8 Å². The van der Waals surface area contributed by atoms with Crippen molar-refractivity contribution in [3.8, 4) is 5.82 Å². The summed E-state index contributed by atoms with van der Waals surface area (Å²) in [6.07, 6.45) is 3.88. The maximum atomic E-state index is 4.53. The molecule has 0 aliphatic heterocycles. The highest BCUT2D eigenvalue weighted by Crippen LogP contribution is 2.13. The molecule has 0 bridgehead atoms. The summed E-state index contributed by atoms with van der Waals surface area (Å²) in [5, 5.41) is 7.95. The fourth-order valence-corrected chi connectivity index (χ4v) is 1.94. The van der Waals surface area contributed by atoms with Crippen LogP contribution in [0.1, 0.15) is 44.9 Å². The molecule has 0 aromatic carbocycles. The normalized spacial score (nSPS) is 11.5. The topological polar surface area (TPSA) is 42.7 Å². The highest BCUT2D eigenvalue weighted by atomic mass is 15.3. The molecule has 2 aromatic rings. The van der Waals surface area contributed by atoms with Crippen molar-refractivity contribution in [2.45, 2.75) is 40.2 Å². The Morgan fingerprint density at radius 2 is 1.95 bits per heavy atom. The SMILES string of the molecule is CC(C)CNCc1ccc(-n2ccc(C(C)C)n2)nc1. The molecule has 4 heteroatoms. The van der Waals surface area contributed by atoms with E-state index in [1.165, 1.54) is 5.56 Å². The third-order valence-electron chi connectivity index (χ3n) is 3.13. The largest absolute Gasteiger partial charge is 0.312 e. The standard InChI is InChI=1S/C16H24N4/c1-12(2)9-17-10-14-5-6-16(18-11-14)20-8-7-15(19-20)13(3)4/h5-8,11-13,17H,9-10H2,1-4H3. The molecule has 0 atom stereocenters. The van der Waals surface area contributed by atoms with Crippen LogP contribution in [-0.4, -0.2) is 21.3 Å². The minimum atomic E-state index is 0.441. The Morgan fingerprint density at radius 3 is 2.50 bits per heavy atom. The van der Waals surface area contributed by atoms with Gasteiger partial charge in [0.2, 0.25) is 0 Å². The first-order valence-corrected chi connectivity index (χ1v) is 7.28. The molecule has 4 nitrogen and oxygen atoms in total. The Kier molecular flexibility index (Phi) is 4.90. The molecule has 0 aliphatic carbocycles. The van der Waals surface area contributed by atoms with Crippen molar-refractivity contribution >= 4 is 0 Å². The van der Waals surface area contributed by atoms with Gasteiger partial charge in [-0.15, -0.1) is 0 Å². The summed E-state index contributed by atoms with van der Waals surface area (Å²) in [5.41, 5.74) is 2.29. The fourth-order valence-electron chi connectivity index (χ4n) is 1.94. The van der Waals surface area contributed by atoms with Gasteiger partial charge in [-0.05, 0) is 36.1 Å². The molecule has 0 saturated heterocycles. The van der Waals surface area contributed by atoms with Crippen LogP contribution in [0.3, 0.4) is 0 Å². The van der Waals surface area contributed by atoms with Gasteiger partial charge in [0.25, 0.3) is 0 Å². The molecule has 0 unspecified atom stereocenters. The van der Waals surface area contributed by atoms with Crippen molar-refractivity contribution in [3.63, 3.8) is 0 Å². The van der Waals surface area contributed by atoms with Crippen molar-refractivity contribution in [2.75, 3.05) is 6.54 Å². The summed E-state index contributed by atoms with van der Waals surface area (Å²) in [7, 11) is 0.